The number of anilines is 2. The summed E-state index contributed by atoms with van der Waals surface area (Å²) in [4.78, 5) is 26.2. The molecule has 0 fully saturated rings. The number of hydrogen-bond acceptors (Lipinski definition) is 3. The Hall–Kier alpha value is -3.23. The quantitative estimate of drug-likeness (QED) is 0.587. The lowest BCUT2D eigenvalue weighted by molar-refractivity contribution is -0.137. The number of carbonyl (C=O) groups excluding carboxylic acids is 2. The summed E-state index contributed by atoms with van der Waals surface area (Å²) >= 11 is 0. The van der Waals surface area contributed by atoms with E-state index in [1.807, 2.05) is 34.6 Å². The maximum absolute atomic E-state index is 13.0. The first-order valence-electron chi connectivity index (χ1n) is 10.7. The minimum Gasteiger partial charge on any atom is -0.479 e. The van der Waals surface area contributed by atoms with Crippen molar-refractivity contribution in [1.82, 2.24) is 5.32 Å². The summed E-state index contributed by atoms with van der Waals surface area (Å²) in [5.41, 5.74) is 0.0269. The second-order valence-electron chi connectivity index (χ2n) is 8.39. The van der Waals surface area contributed by atoms with Crippen molar-refractivity contribution in [3.8, 4) is 5.75 Å². The van der Waals surface area contributed by atoms with Gasteiger partial charge in [0.2, 0.25) is 0 Å². The molecule has 1 heterocycles. The molecule has 9 heteroatoms. The van der Waals surface area contributed by atoms with E-state index in [0.29, 0.717) is 22.7 Å². The van der Waals surface area contributed by atoms with E-state index in [1.54, 1.807) is 25.1 Å². The number of benzene rings is 2. The Morgan fingerprint density at radius 1 is 1.09 bits per heavy atom. The number of ether oxygens (including phenoxy) is 1. The van der Waals surface area contributed by atoms with Crippen LogP contribution in [0.5, 0.6) is 5.75 Å². The fraction of sp³-hybridized carbons (Fsp3) is 0.417. The topological polar surface area (TPSA) is 70.7 Å². The number of fused-ring (bicyclic) bond motifs is 1. The second kappa shape index (κ2) is 10.1. The number of amides is 3. The van der Waals surface area contributed by atoms with E-state index in [2.05, 4.69) is 10.6 Å². The molecule has 0 bridgehead atoms. The molecule has 0 aromatic heterocycles. The zero-order chi connectivity index (χ0) is 25.0. The molecular formula is C24H30F3N3O3. The Labute approximate surface area is 192 Å². The van der Waals surface area contributed by atoms with E-state index in [-0.39, 0.29) is 12.5 Å². The Balaban J connectivity index is 0.00000187. The lowest BCUT2D eigenvalue weighted by Gasteiger charge is -2.33. The highest BCUT2D eigenvalue weighted by Gasteiger charge is 2.33. The number of urea groups is 1. The molecule has 1 unspecified atom stereocenters. The zero-order valence-electron chi connectivity index (χ0n) is 19.6. The molecule has 1 aliphatic heterocycles. The molecule has 6 nitrogen and oxygen atoms in total. The van der Waals surface area contributed by atoms with Gasteiger partial charge in [-0.05, 0) is 57.5 Å². The van der Waals surface area contributed by atoms with E-state index >= 15 is 0 Å². The van der Waals surface area contributed by atoms with Gasteiger partial charge in [0, 0.05) is 17.3 Å². The molecule has 0 saturated carbocycles. The van der Waals surface area contributed by atoms with Gasteiger partial charge in [0.05, 0.1) is 17.8 Å². The minimum atomic E-state index is -4.47. The van der Waals surface area contributed by atoms with Crippen molar-refractivity contribution in [2.45, 2.75) is 65.9 Å². The van der Waals surface area contributed by atoms with Gasteiger partial charge in [0.1, 0.15) is 5.75 Å². The van der Waals surface area contributed by atoms with Crippen LogP contribution in [0.25, 0.3) is 0 Å². The summed E-state index contributed by atoms with van der Waals surface area (Å²) in [6, 6.07) is 9.25. The number of alkyl halides is 3. The fourth-order valence-corrected chi connectivity index (χ4v) is 3.18. The summed E-state index contributed by atoms with van der Waals surface area (Å²) in [5, 5.41) is 5.48. The molecule has 0 saturated heterocycles. The largest absolute Gasteiger partial charge is 0.479 e. The number of nitrogens with zero attached hydrogens (tertiary/aromatic N) is 1. The highest BCUT2D eigenvalue weighted by atomic mass is 19.4. The van der Waals surface area contributed by atoms with Crippen LogP contribution in [0.4, 0.5) is 29.3 Å². The summed E-state index contributed by atoms with van der Waals surface area (Å²) in [6.07, 6.45) is -5.29. The van der Waals surface area contributed by atoms with Gasteiger partial charge in [-0.3, -0.25) is 4.79 Å². The maximum Gasteiger partial charge on any atom is 0.416 e. The molecule has 1 atom stereocenters. The molecule has 2 aromatic rings. The van der Waals surface area contributed by atoms with E-state index < -0.39 is 29.4 Å². The molecule has 0 spiro atoms. The second-order valence-corrected chi connectivity index (χ2v) is 8.39. The van der Waals surface area contributed by atoms with Crippen LogP contribution in [0.1, 0.15) is 52.7 Å². The smallest absolute Gasteiger partial charge is 0.416 e. The van der Waals surface area contributed by atoms with Crippen LogP contribution in [0.3, 0.4) is 0 Å². The lowest BCUT2D eigenvalue weighted by Crippen LogP contribution is -2.44. The molecule has 3 amide bonds. The normalized spacial score (nSPS) is 15.6. The van der Waals surface area contributed by atoms with E-state index in [0.717, 1.165) is 12.1 Å². The molecule has 2 aromatic carbocycles. The van der Waals surface area contributed by atoms with Crippen LogP contribution >= 0.6 is 0 Å². The molecule has 180 valence electrons. The Morgan fingerprint density at radius 3 is 2.36 bits per heavy atom. The fourth-order valence-electron chi connectivity index (χ4n) is 3.18. The maximum atomic E-state index is 13.0. The van der Waals surface area contributed by atoms with Crippen LogP contribution in [-0.2, 0) is 17.5 Å². The lowest BCUT2D eigenvalue weighted by atomic mass is 10.1. The van der Waals surface area contributed by atoms with Crippen molar-refractivity contribution in [2.24, 2.45) is 0 Å². The monoisotopic (exact) mass is 465 g/mol. The summed E-state index contributed by atoms with van der Waals surface area (Å²) < 4.78 is 44.8. The van der Waals surface area contributed by atoms with E-state index in [9.17, 15) is 22.8 Å². The van der Waals surface area contributed by atoms with Crippen LogP contribution < -0.4 is 20.3 Å². The van der Waals surface area contributed by atoms with Crippen molar-refractivity contribution in [3.63, 3.8) is 0 Å². The molecular weight excluding hydrogens is 435 g/mol. The first-order valence-corrected chi connectivity index (χ1v) is 10.7. The van der Waals surface area contributed by atoms with Crippen molar-refractivity contribution in [3.05, 3.63) is 53.6 Å². The van der Waals surface area contributed by atoms with Gasteiger partial charge in [-0.25, -0.2) is 4.79 Å². The molecule has 0 radical (unpaired) electrons. The molecule has 33 heavy (non-hydrogen) atoms. The van der Waals surface area contributed by atoms with Gasteiger partial charge in [0.25, 0.3) is 5.91 Å². The zero-order valence-corrected chi connectivity index (χ0v) is 19.6. The van der Waals surface area contributed by atoms with Gasteiger partial charge < -0.3 is 20.3 Å². The first kappa shape index (κ1) is 26.0. The SMILES string of the molecule is CC.CC1Oc2cc(NC(=O)NC(C)(C)C)ccc2N(Cc2cccc(C(F)(F)F)c2)C1=O. The van der Waals surface area contributed by atoms with Gasteiger partial charge in [-0.2, -0.15) is 13.2 Å². The molecule has 1 aliphatic rings. The highest BCUT2D eigenvalue weighted by Crippen LogP contribution is 2.38. The highest BCUT2D eigenvalue weighted by molar-refractivity contribution is 6.00. The third-order valence-corrected chi connectivity index (χ3v) is 4.51. The number of nitrogens with one attached hydrogen (secondary N) is 2. The van der Waals surface area contributed by atoms with Gasteiger partial charge in [-0.1, -0.05) is 26.0 Å². The predicted molar refractivity (Wildman–Crippen MR) is 122 cm³/mol. The first-order chi connectivity index (χ1) is 15.3. The van der Waals surface area contributed by atoms with Crippen molar-refractivity contribution in [2.75, 3.05) is 10.2 Å². The standard InChI is InChI=1S/C22H24F3N3O3.C2H6/c1-13-19(29)28(12-14-6-5-7-15(10-14)22(23,24)25)17-9-8-16(11-18(17)31-13)26-20(30)27-21(2,3)4;1-2/h5-11,13H,12H2,1-4H3,(H2,26,27,30);1-2H3. The summed E-state index contributed by atoms with van der Waals surface area (Å²) in [7, 11) is 0. The Kier molecular flexibility index (Phi) is 8.00. The third kappa shape index (κ3) is 6.87. The van der Waals surface area contributed by atoms with Crippen LogP contribution in [0.15, 0.2) is 42.5 Å². The van der Waals surface area contributed by atoms with E-state index in [4.69, 9.17) is 4.74 Å². The van der Waals surface area contributed by atoms with E-state index in [1.165, 1.54) is 17.0 Å². The summed E-state index contributed by atoms with van der Waals surface area (Å²) in [5.74, 6) is -0.0104. The molecule has 2 N–H and O–H groups in total. The average Bonchev–Trinajstić information content (AvgIpc) is 2.71. The van der Waals surface area contributed by atoms with Crippen LogP contribution in [-0.4, -0.2) is 23.6 Å². The Bertz CT molecular complexity index is 1000. The molecule has 3 rings (SSSR count). The predicted octanol–water partition coefficient (Wildman–Crippen LogP) is 5.97. The number of rotatable bonds is 3. The third-order valence-electron chi connectivity index (χ3n) is 4.51. The molecule has 0 aliphatic carbocycles. The Morgan fingerprint density at radius 2 is 1.76 bits per heavy atom. The summed E-state index contributed by atoms with van der Waals surface area (Å²) in [6.45, 7) is 11.1. The van der Waals surface area contributed by atoms with Crippen molar-refractivity contribution in [1.29, 1.82) is 0 Å². The van der Waals surface area contributed by atoms with Crippen molar-refractivity contribution >= 4 is 23.3 Å². The number of hydrogen-bond donors (Lipinski definition) is 2. The van der Waals surface area contributed by atoms with Crippen LogP contribution in [0.2, 0.25) is 0 Å². The van der Waals surface area contributed by atoms with Gasteiger partial charge >= 0.3 is 12.2 Å². The van der Waals surface area contributed by atoms with Crippen LogP contribution in [0, 0.1) is 0 Å². The van der Waals surface area contributed by atoms with Gasteiger partial charge in [-0.15, -0.1) is 0 Å². The number of halogens is 3. The number of carbonyl (C=O) groups is 2. The average molecular weight is 466 g/mol. The minimum absolute atomic E-state index is 0.0409. The van der Waals surface area contributed by atoms with Crippen molar-refractivity contribution < 1.29 is 27.5 Å². The van der Waals surface area contributed by atoms with Gasteiger partial charge in [0.15, 0.2) is 6.10 Å².